The lowest BCUT2D eigenvalue weighted by atomic mass is 9.90. The first-order valence-electron chi connectivity index (χ1n) is 6.91. The Hall–Kier alpha value is -0.650. The summed E-state index contributed by atoms with van der Waals surface area (Å²) in [7, 11) is 2.05. The molecule has 5 heteroatoms. The summed E-state index contributed by atoms with van der Waals surface area (Å²) in [5.41, 5.74) is -0.753. The first-order chi connectivity index (χ1) is 8.62. The highest BCUT2D eigenvalue weighted by molar-refractivity contribution is 5.78. The van der Waals surface area contributed by atoms with E-state index in [9.17, 15) is 9.90 Å². The molecule has 0 amide bonds. The third kappa shape index (κ3) is 3.22. The molecule has 0 saturated carbocycles. The Morgan fingerprint density at radius 3 is 2.94 bits per heavy atom. The van der Waals surface area contributed by atoms with Crippen molar-refractivity contribution in [1.82, 2.24) is 10.2 Å². The summed E-state index contributed by atoms with van der Waals surface area (Å²) in [6.45, 7) is 3.30. The van der Waals surface area contributed by atoms with Crippen molar-refractivity contribution < 1.29 is 14.6 Å². The molecule has 2 aliphatic heterocycles. The highest BCUT2D eigenvalue weighted by atomic mass is 16.5. The van der Waals surface area contributed by atoms with Gasteiger partial charge in [0.1, 0.15) is 5.54 Å². The maximum absolute atomic E-state index is 11.6. The lowest BCUT2D eigenvalue weighted by Crippen LogP contribution is -2.54. The Bertz CT molecular complexity index is 292. The van der Waals surface area contributed by atoms with Crippen LogP contribution in [0.3, 0.4) is 0 Å². The van der Waals surface area contributed by atoms with Gasteiger partial charge in [-0.3, -0.25) is 10.1 Å². The molecule has 0 aromatic heterocycles. The molecule has 0 aromatic rings. The van der Waals surface area contributed by atoms with Crippen molar-refractivity contribution in [2.75, 3.05) is 33.3 Å². The van der Waals surface area contributed by atoms with Gasteiger partial charge in [-0.15, -0.1) is 0 Å². The highest BCUT2D eigenvalue weighted by Crippen LogP contribution is 2.23. The van der Waals surface area contributed by atoms with Gasteiger partial charge in [0, 0.05) is 19.7 Å². The van der Waals surface area contributed by atoms with Gasteiger partial charge in [-0.1, -0.05) is 0 Å². The van der Waals surface area contributed by atoms with Crippen molar-refractivity contribution in [3.8, 4) is 0 Å². The minimum atomic E-state index is -0.753. The second kappa shape index (κ2) is 5.99. The molecule has 2 saturated heterocycles. The number of nitrogens with zero attached hydrogens (tertiary/aromatic N) is 1. The van der Waals surface area contributed by atoms with Gasteiger partial charge < -0.3 is 14.7 Å². The minimum Gasteiger partial charge on any atom is -0.480 e. The standard InChI is InChI=1S/C13H24N2O3/c1-15-7-3-5-13(6-8-15,12(16)17)14-10-11-4-2-9-18-11/h11,14H,2-10H2,1H3,(H,16,17). The first-order valence-corrected chi connectivity index (χ1v) is 6.91. The van der Waals surface area contributed by atoms with E-state index in [1.807, 2.05) is 0 Å². The van der Waals surface area contributed by atoms with E-state index < -0.39 is 11.5 Å². The maximum atomic E-state index is 11.6. The molecular formula is C13H24N2O3. The number of carbonyl (C=O) groups is 1. The number of nitrogens with one attached hydrogen (secondary N) is 1. The number of carboxylic acids is 1. The van der Waals surface area contributed by atoms with Crippen LogP contribution in [0.1, 0.15) is 32.1 Å². The number of ether oxygens (including phenoxy) is 1. The first kappa shape index (κ1) is 13.8. The molecule has 0 radical (unpaired) electrons. The predicted octanol–water partition coefficient (Wildman–Crippen LogP) is 0.694. The fourth-order valence-corrected chi connectivity index (χ4v) is 2.85. The van der Waals surface area contributed by atoms with Crippen LogP contribution in [0.15, 0.2) is 0 Å². The summed E-state index contributed by atoms with van der Waals surface area (Å²) in [5.74, 6) is -0.712. The fraction of sp³-hybridized carbons (Fsp3) is 0.923. The zero-order chi connectivity index (χ0) is 13.0. The molecular weight excluding hydrogens is 232 g/mol. The van der Waals surface area contributed by atoms with E-state index in [0.29, 0.717) is 19.4 Å². The second-order valence-corrected chi connectivity index (χ2v) is 5.56. The molecule has 0 spiro atoms. The molecule has 2 heterocycles. The Kier molecular flexibility index (Phi) is 4.59. The molecule has 2 atom stereocenters. The van der Waals surface area contributed by atoms with E-state index in [4.69, 9.17) is 4.74 Å². The molecule has 2 rings (SSSR count). The normalized spacial score (nSPS) is 34.4. The predicted molar refractivity (Wildman–Crippen MR) is 68.7 cm³/mol. The summed E-state index contributed by atoms with van der Waals surface area (Å²) < 4.78 is 5.56. The van der Waals surface area contributed by atoms with Gasteiger partial charge in [-0.05, 0) is 45.7 Å². The third-order valence-electron chi connectivity index (χ3n) is 4.17. The molecule has 104 valence electrons. The van der Waals surface area contributed by atoms with Crippen LogP contribution in [0.25, 0.3) is 0 Å². The maximum Gasteiger partial charge on any atom is 0.323 e. The van der Waals surface area contributed by atoms with Crippen LogP contribution in [0.2, 0.25) is 0 Å². The third-order valence-corrected chi connectivity index (χ3v) is 4.17. The molecule has 2 unspecified atom stereocenters. The van der Waals surface area contributed by atoms with Crippen LogP contribution >= 0.6 is 0 Å². The summed E-state index contributed by atoms with van der Waals surface area (Å²) in [5, 5.41) is 12.8. The average Bonchev–Trinajstić information content (AvgIpc) is 2.77. The van der Waals surface area contributed by atoms with Crippen molar-refractivity contribution in [2.45, 2.75) is 43.7 Å². The summed E-state index contributed by atoms with van der Waals surface area (Å²) in [6, 6.07) is 0. The van der Waals surface area contributed by atoms with Crippen molar-refractivity contribution >= 4 is 5.97 Å². The van der Waals surface area contributed by atoms with Crippen LogP contribution in [-0.2, 0) is 9.53 Å². The van der Waals surface area contributed by atoms with Crippen molar-refractivity contribution in [3.05, 3.63) is 0 Å². The van der Waals surface area contributed by atoms with E-state index in [2.05, 4.69) is 17.3 Å². The SMILES string of the molecule is CN1CCCC(NCC2CCCO2)(C(=O)O)CC1. The number of likely N-dealkylation sites (tertiary alicyclic amines) is 1. The molecule has 18 heavy (non-hydrogen) atoms. The zero-order valence-electron chi connectivity index (χ0n) is 11.2. The van der Waals surface area contributed by atoms with Crippen molar-refractivity contribution in [3.63, 3.8) is 0 Å². The minimum absolute atomic E-state index is 0.196. The fourth-order valence-electron chi connectivity index (χ4n) is 2.85. The Balaban J connectivity index is 1.94. The smallest absolute Gasteiger partial charge is 0.323 e. The molecule has 2 N–H and O–H groups in total. The number of hydrogen-bond donors (Lipinski definition) is 2. The van der Waals surface area contributed by atoms with E-state index in [1.165, 1.54) is 0 Å². The molecule has 0 aromatic carbocycles. The van der Waals surface area contributed by atoms with E-state index >= 15 is 0 Å². The van der Waals surface area contributed by atoms with E-state index in [0.717, 1.165) is 39.0 Å². The molecule has 0 bridgehead atoms. The van der Waals surface area contributed by atoms with E-state index in [-0.39, 0.29) is 6.10 Å². The van der Waals surface area contributed by atoms with Gasteiger partial charge in [0.05, 0.1) is 6.10 Å². The van der Waals surface area contributed by atoms with Gasteiger partial charge >= 0.3 is 5.97 Å². The van der Waals surface area contributed by atoms with Gasteiger partial charge in [-0.25, -0.2) is 0 Å². The van der Waals surface area contributed by atoms with Crippen LogP contribution in [0.5, 0.6) is 0 Å². The van der Waals surface area contributed by atoms with Gasteiger partial charge in [0.25, 0.3) is 0 Å². The Labute approximate surface area is 108 Å². The molecule has 5 nitrogen and oxygen atoms in total. The Morgan fingerprint density at radius 2 is 2.28 bits per heavy atom. The van der Waals surface area contributed by atoms with Gasteiger partial charge in [0.15, 0.2) is 0 Å². The van der Waals surface area contributed by atoms with Crippen LogP contribution in [0, 0.1) is 0 Å². The molecule has 2 fully saturated rings. The number of hydrogen-bond acceptors (Lipinski definition) is 4. The zero-order valence-corrected chi connectivity index (χ0v) is 11.2. The highest BCUT2D eigenvalue weighted by Gasteiger charge is 2.39. The molecule has 2 aliphatic rings. The summed E-state index contributed by atoms with van der Waals surface area (Å²) >= 11 is 0. The van der Waals surface area contributed by atoms with Gasteiger partial charge in [-0.2, -0.15) is 0 Å². The van der Waals surface area contributed by atoms with Crippen LogP contribution < -0.4 is 5.32 Å². The average molecular weight is 256 g/mol. The lowest BCUT2D eigenvalue weighted by molar-refractivity contribution is -0.145. The topological polar surface area (TPSA) is 61.8 Å². The van der Waals surface area contributed by atoms with E-state index in [1.54, 1.807) is 0 Å². The van der Waals surface area contributed by atoms with Gasteiger partial charge in [0.2, 0.25) is 0 Å². The molecule has 0 aliphatic carbocycles. The van der Waals surface area contributed by atoms with Crippen LogP contribution in [0.4, 0.5) is 0 Å². The summed E-state index contributed by atoms with van der Waals surface area (Å²) in [4.78, 5) is 13.8. The number of aliphatic carboxylic acids is 1. The monoisotopic (exact) mass is 256 g/mol. The Morgan fingerprint density at radius 1 is 1.44 bits per heavy atom. The number of carboxylic acid groups (broad SMARTS) is 1. The second-order valence-electron chi connectivity index (χ2n) is 5.56. The number of rotatable bonds is 4. The van der Waals surface area contributed by atoms with Crippen LogP contribution in [-0.4, -0.2) is 60.9 Å². The largest absolute Gasteiger partial charge is 0.480 e. The van der Waals surface area contributed by atoms with Crippen molar-refractivity contribution in [2.24, 2.45) is 0 Å². The van der Waals surface area contributed by atoms with Crippen molar-refractivity contribution in [1.29, 1.82) is 0 Å². The lowest BCUT2D eigenvalue weighted by Gasteiger charge is -2.30. The summed E-state index contributed by atoms with van der Waals surface area (Å²) in [6.07, 6.45) is 4.64. The quantitative estimate of drug-likeness (QED) is 0.775.